The zero-order valence-electron chi connectivity index (χ0n) is 9.62. The zero-order chi connectivity index (χ0) is 16.8. The fourth-order valence-corrected chi connectivity index (χ4v) is 2.27. The van der Waals surface area contributed by atoms with Crippen LogP contribution in [0.25, 0.3) is 0 Å². The Morgan fingerprint density at radius 1 is 0.950 bits per heavy atom. The zero-order valence-corrected chi connectivity index (χ0v) is 11.3. The maximum Gasteiger partial charge on any atom is 0.512 e. The van der Waals surface area contributed by atoms with Crippen molar-refractivity contribution in [3.8, 4) is 0 Å². The molecule has 0 fully saturated rings. The van der Waals surface area contributed by atoms with E-state index in [2.05, 4.69) is 4.74 Å². The van der Waals surface area contributed by atoms with Crippen LogP contribution in [-0.2, 0) is 24.8 Å². The molecule has 0 amide bonds. The molecule has 15 heteroatoms. The highest BCUT2D eigenvalue weighted by Gasteiger charge is 2.55. The summed E-state index contributed by atoms with van der Waals surface area (Å²) in [7, 11) is -11.6. The highest BCUT2D eigenvalue weighted by molar-refractivity contribution is 8.05. The van der Waals surface area contributed by atoms with Crippen molar-refractivity contribution in [2.75, 3.05) is 20.3 Å². The summed E-state index contributed by atoms with van der Waals surface area (Å²) in [5, 5.41) is 0. The summed E-state index contributed by atoms with van der Waals surface area (Å²) in [6.45, 7) is 1.29. The molecule has 0 spiro atoms. The summed E-state index contributed by atoms with van der Waals surface area (Å²) < 4.78 is 113. The number of hydrogen-bond acceptors (Lipinski definition) is 6. The number of nitrogens with one attached hydrogen (secondary N) is 1. The van der Waals surface area contributed by atoms with Gasteiger partial charge in [0.25, 0.3) is 0 Å². The van der Waals surface area contributed by atoms with Crippen LogP contribution in [0.1, 0.15) is 0 Å². The first-order chi connectivity index (χ1) is 8.62. The first-order valence-corrected chi connectivity index (χ1v) is 7.19. The molecule has 0 aromatic carbocycles. The van der Waals surface area contributed by atoms with Crippen molar-refractivity contribution >= 4 is 20.0 Å². The van der Waals surface area contributed by atoms with E-state index in [1.165, 1.54) is 0 Å². The van der Waals surface area contributed by atoms with Crippen LogP contribution < -0.4 is 9.86 Å². The van der Waals surface area contributed by atoms with Crippen molar-refractivity contribution in [1.82, 2.24) is 4.13 Å². The van der Waals surface area contributed by atoms with Crippen LogP contribution in [0.2, 0.25) is 0 Å². The van der Waals surface area contributed by atoms with Crippen LogP contribution >= 0.6 is 0 Å². The lowest BCUT2D eigenvalue weighted by Gasteiger charge is -2.11. The van der Waals surface area contributed by atoms with Crippen molar-refractivity contribution in [1.29, 1.82) is 0 Å². The molecule has 7 nitrogen and oxygen atoms in total. The SMILES string of the molecule is COCCN.O=S(=O)(NS(=O)(=O)C(F)(F)F)C(F)(F)F. The van der Waals surface area contributed by atoms with Gasteiger partial charge in [0.2, 0.25) is 0 Å². The van der Waals surface area contributed by atoms with Crippen LogP contribution in [0.15, 0.2) is 0 Å². The number of nitrogens with two attached hydrogens (primary N) is 1. The number of methoxy groups -OCH3 is 1. The van der Waals surface area contributed by atoms with Gasteiger partial charge in [0.15, 0.2) is 0 Å². The van der Waals surface area contributed by atoms with Crippen LogP contribution in [0.4, 0.5) is 26.3 Å². The number of sulfonamides is 2. The summed E-state index contributed by atoms with van der Waals surface area (Å²) in [5.41, 5.74) is -7.28. The second-order valence-corrected chi connectivity index (χ2v) is 6.37. The van der Waals surface area contributed by atoms with Crippen LogP contribution in [0.3, 0.4) is 0 Å². The third-order valence-electron chi connectivity index (χ3n) is 1.15. The van der Waals surface area contributed by atoms with Gasteiger partial charge in [-0.05, 0) is 0 Å². The third kappa shape index (κ3) is 7.22. The first-order valence-electron chi connectivity index (χ1n) is 4.22. The molecule has 3 N–H and O–H groups in total. The molecule has 0 saturated carbocycles. The average Bonchev–Trinajstić information content (AvgIpc) is 2.14. The van der Waals surface area contributed by atoms with Crippen LogP contribution in [0.5, 0.6) is 0 Å². The van der Waals surface area contributed by atoms with Crippen molar-refractivity contribution in [3.63, 3.8) is 0 Å². The van der Waals surface area contributed by atoms with E-state index < -0.39 is 35.2 Å². The Morgan fingerprint density at radius 2 is 1.25 bits per heavy atom. The summed E-state index contributed by atoms with van der Waals surface area (Å²) in [6, 6.07) is 0. The quantitative estimate of drug-likeness (QED) is 0.678. The number of rotatable bonds is 4. The third-order valence-corrected chi connectivity index (χ3v) is 4.12. The molecule has 0 aliphatic rings. The lowest BCUT2D eigenvalue weighted by Crippen LogP contribution is -2.45. The highest BCUT2D eigenvalue weighted by Crippen LogP contribution is 2.27. The Kier molecular flexibility index (Phi) is 8.00. The van der Waals surface area contributed by atoms with E-state index in [1.54, 1.807) is 7.11 Å². The van der Waals surface area contributed by atoms with Crippen LogP contribution in [0, 0.1) is 0 Å². The van der Waals surface area contributed by atoms with Gasteiger partial charge in [0, 0.05) is 13.7 Å². The molecule has 0 heterocycles. The van der Waals surface area contributed by atoms with E-state index in [0.717, 1.165) is 0 Å². The molecule has 0 rings (SSSR count). The molecular formula is C5H10F6N2O5S2. The van der Waals surface area contributed by atoms with E-state index in [9.17, 15) is 43.2 Å². The Labute approximate surface area is 110 Å². The second kappa shape index (κ2) is 7.39. The number of ether oxygens (including phenoxy) is 1. The molecule has 0 aromatic rings. The number of halogens is 6. The summed E-state index contributed by atoms with van der Waals surface area (Å²) >= 11 is 0. The monoisotopic (exact) mass is 356 g/mol. The van der Waals surface area contributed by atoms with Gasteiger partial charge in [-0.3, -0.25) is 0 Å². The fourth-order valence-electron chi connectivity index (χ4n) is 0.357. The molecule has 0 aliphatic heterocycles. The molecule has 0 bridgehead atoms. The normalized spacial score (nSPS) is 13.6. The lowest BCUT2D eigenvalue weighted by molar-refractivity contribution is -0.0476. The molecule has 124 valence electrons. The van der Waals surface area contributed by atoms with E-state index in [4.69, 9.17) is 5.73 Å². The largest absolute Gasteiger partial charge is 0.512 e. The van der Waals surface area contributed by atoms with Gasteiger partial charge in [-0.15, -0.1) is 0 Å². The standard InChI is InChI=1S/C3H9NO.C2HF6NO4S2/c1-5-3-2-4;3-1(4,5)14(10,11)9-15(12,13)2(6,7)8/h2-4H2,1H3;9H. The first kappa shape index (κ1) is 21.7. The molecule has 20 heavy (non-hydrogen) atoms. The Hall–Kier alpha value is -0.640. The minimum absolute atomic E-state index is 0.493. The molecule has 0 saturated heterocycles. The molecule has 0 aromatic heterocycles. The topological polar surface area (TPSA) is 116 Å². The Balaban J connectivity index is 0. The smallest absolute Gasteiger partial charge is 0.383 e. The highest BCUT2D eigenvalue weighted by atomic mass is 32.3. The molecular weight excluding hydrogens is 346 g/mol. The summed E-state index contributed by atoms with van der Waals surface area (Å²) in [6.07, 6.45) is 0. The van der Waals surface area contributed by atoms with E-state index in [0.29, 0.717) is 13.2 Å². The van der Waals surface area contributed by atoms with Crippen molar-refractivity contribution in [2.45, 2.75) is 11.0 Å². The molecule has 0 radical (unpaired) electrons. The van der Waals surface area contributed by atoms with Gasteiger partial charge in [-0.25, -0.2) is 16.8 Å². The van der Waals surface area contributed by atoms with Gasteiger partial charge in [0.05, 0.1) is 6.61 Å². The average molecular weight is 356 g/mol. The van der Waals surface area contributed by atoms with Gasteiger partial charge in [-0.1, -0.05) is 4.13 Å². The maximum atomic E-state index is 11.5. The predicted octanol–water partition coefficient (Wildman–Crippen LogP) is -0.133. The van der Waals surface area contributed by atoms with Gasteiger partial charge in [-0.2, -0.15) is 26.3 Å². The van der Waals surface area contributed by atoms with Gasteiger partial charge in [0.1, 0.15) is 0 Å². The fraction of sp³-hybridized carbons (Fsp3) is 1.00. The molecule has 0 atom stereocenters. The minimum Gasteiger partial charge on any atom is -0.383 e. The predicted molar refractivity (Wildman–Crippen MR) is 54.0 cm³/mol. The Bertz CT molecular complexity index is 437. The summed E-state index contributed by atoms with van der Waals surface area (Å²) in [5.74, 6) is 0. The van der Waals surface area contributed by atoms with Gasteiger partial charge >= 0.3 is 31.1 Å². The molecule has 0 unspecified atom stereocenters. The maximum absolute atomic E-state index is 11.5. The molecule has 0 aliphatic carbocycles. The van der Waals surface area contributed by atoms with Gasteiger partial charge < -0.3 is 10.5 Å². The van der Waals surface area contributed by atoms with E-state index in [-0.39, 0.29) is 0 Å². The number of alkyl halides is 6. The lowest BCUT2D eigenvalue weighted by atomic mass is 10.7. The van der Waals surface area contributed by atoms with Crippen molar-refractivity contribution in [2.24, 2.45) is 5.73 Å². The van der Waals surface area contributed by atoms with E-state index >= 15 is 0 Å². The summed E-state index contributed by atoms with van der Waals surface area (Å²) in [4.78, 5) is 0. The van der Waals surface area contributed by atoms with E-state index in [1.807, 2.05) is 0 Å². The Morgan fingerprint density at radius 3 is 1.35 bits per heavy atom. The van der Waals surface area contributed by atoms with Crippen molar-refractivity contribution in [3.05, 3.63) is 0 Å². The number of hydrogen-bond donors (Lipinski definition) is 2. The second-order valence-electron chi connectivity index (χ2n) is 2.76. The minimum atomic E-state index is -6.60. The van der Waals surface area contributed by atoms with Crippen LogP contribution in [-0.4, -0.2) is 48.1 Å². The van der Waals surface area contributed by atoms with Crippen molar-refractivity contribution < 1.29 is 47.9 Å².